The Balaban J connectivity index is 1.48. The minimum atomic E-state index is -4.75. The highest BCUT2D eigenvalue weighted by molar-refractivity contribution is 5.79. The first-order valence-corrected chi connectivity index (χ1v) is 9.83. The number of benzene rings is 2. The monoisotopic (exact) mass is 444 g/mol. The molecule has 168 valence electrons. The topological polar surface area (TPSA) is 67.8 Å². The molecule has 0 unspecified atom stereocenters. The number of pyridine rings is 1. The average Bonchev–Trinajstić information content (AvgIpc) is 2.79. The van der Waals surface area contributed by atoms with Crippen molar-refractivity contribution in [3.63, 3.8) is 0 Å². The third kappa shape index (κ3) is 7.50. The number of alkyl halides is 3. The average molecular weight is 444 g/mol. The smallest absolute Gasteiger partial charge is 0.487 e. The second-order valence-corrected chi connectivity index (χ2v) is 6.69. The molecule has 1 aromatic heterocycles. The summed E-state index contributed by atoms with van der Waals surface area (Å²) < 4.78 is 47.5. The van der Waals surface area contributed by atoms with Crippen molar-refractivity contribution in [1.29, 1.82) is 0 Å². The molecule has 2 aromatic carbocycles. The Morgan fingerprint density at radius 2 is 1.66 bits per heavy atom. The van der Waals surface area contributed by atoms with E-state index in [0.717, 1.165) is 17.0 Å². The fourth-order valence-corrected chi connectivity index (χ4v) is 2.80. The number of para-hydroxylation sites is 1. The van der Waals surface area contributed by atoms with Crippen LogP contribution in [0.15, 0.2) is 77.9 Å². The molecule has 6 nitrogen and oxygen atoms in total. The molecule has 0 atom stereocenters. The number of aromatic nitrogens is 1. The van der Waals surface area contributed by atoms with E-state index in [-0.39, 0.29) is 12.3 Å². The number of aliphatic imine (C=N–C) groups is 1. The highest BCUT2D eigenvalue weighted by atomic mass is 19.4. The van der Waals surface area contributed by atoms with Gasteiger partial charge in [0.15, 0.2) is 5.96 Å². The van der Waals surface area contributed by atoms with Gasteiger partial charge in [-0.1, -0.05) is 36.4 Å². The van der Waals surface area contributed by atoms with Crippen LogP contribution in [0.4, 0.5) is 13.2 Å². The van der Waals surface area contributed by atoms with E-state index in [9.17, 15) is 13.2 Å². The summed E-state index contributed by atoms with van der Waals surface area (Å²) in [7, 11) is 1.59. The van der Waals surface area contributed by atoms with Crippen LogP contribution in [-0.2, 0) is 19.7 Å². The predicted octanol–water partition coefficient (Wildman–Crippen LogP) is 4.42. The second-order valence-electron chi connectivity index (χ2n) is 6.69. The maximum Gasteiger partial charge on any atom is 0.573 e. The van der Waals surface area contributed by atoms with E-state index >= 15 is 0 Å². The molecule has 0 aliphatic rings. The van der Waals surface area contributed by atoms with Crippen LogP contribution in [0.1, 0.15) is 16.8 Å². The number of rotatable bonds is 8. The van der Waals surface area contributed by atoms with Crippen molar-refractivity contribution in [3.05, 3.63) is 89.7 Å². The van der Waals surface area contributed by atoms with Gasteiger partial charge in [-0.05, 0) is 35.9 Å². The zero-order chi connectivity index (χ0) is 22.8. The van der Waals surface area contributed by atoms with Crippen molar-refractivity contribution in [3.8, 4) is 11.5 Å². The summed E-state index contributed by atoms with van der Waals surface area (Å²) in [6.45, 7) is 0.974. The van der Waals surface area contributed by atoms with Crippen LogP contribution >= 0.6 is 0 Å². The Labute approximate surface area is 184 Å². The number of ether oxygens (including phenoxy) is 2. The molecule has 0 amide bonds. The number of hydrogen-bond acceptors (Lipinski definition) is 4. The summed E-state index contributed by atoms with van der Waals surface area (Å²) in [6, 6.07) is 19.2. The van der Waals surface area contributed by atoms with Gasteiger partial charge >= 0.3 is 6.36 Å². The van der Waals surface area contributed by atoms with Crippen LogP contribution in [0, 0.1) is 0 Å². The van der Waals surface area contributed by atoms with Gasteiger partial charge in [0.05, 0.1) is 5.69 Å². The van der Waals surface area contributed by atoms with Gasteiger partial charge in [-0.2, -0.15) is 0 Å². The third-order valence-electron chi connectivity index (χ3n) is 4.36. The van der Waals surface area contributed by atoms with Gasteiger partial charge in [0.1, 0.15) is 18.1 Å². The predicted molar refractivity (Wildman–Crippen MR) is 115 cm³/mol. The fraction of sp³-hybridized carbons (Fsp3) is 0.217. The molecule has 0 spiro atoms. The van der Waals surface area contributed by atoms with Gasteiger partial charge in [-0.15, -0.1) is 13.2 Å². The standard InChI is InChI=1S/C23H23F3N4O2/c1-27-22(30-15-18-6-2-3-8-21(18)32-23(24,25)26)29-14-17-9-11-20(12-10-17)31-16-19-7-4-5-13-28-19/h2-13H,14-16H2,1H3,(H2,27,29,30). The molecule has 0 fully saturated rings. The van der Waals surface area contributed by atoms with E-state index < -0.39 is 6.36 Å². The number of hydrogen-bond donors (Lipinski definition) is 2. The maximum atomic E-state index is 12.6. The molecular formula is C23H23F3N4O2. The summed E-state index contributed by atoms with van der Waals surface area (Å²) in [5.74, 6) is 0.926. The van der Waals surface area contributed by atoms with Crippen LogP contribution < -0.4 is 20.1 Å². The molecule has 9 heteroatoms. The van der Waals surface area contributed by atoms with Crippen molar-refractivity contribution in [2.45, 2.75) is 26.1 Å². The van der Waals surface area contributed by atoms with E-state index in [1.807, 2.05) is 42.5 Å². The van der Waals surface area contributed by atoms with Gasteiger partial charge in [0.25, 0.3) is 0 Å². The summed E-state index contributed by atoms with van der Waals surface area (Å²) in [4.78, 5) is 8.32. The van der Waals surface area contributed by atoms with Gasteiger partial charge < -0.3 is 20.1 Å². The number of nitrogens with one attached hydrogen (secondary N) is 2. The normalized spacial score (nSPS) is 11.7. The molecule has 32 heavy (non-hydrogen) atoms. The van der Waals surface area contributed by atoms with Gasteiger partial charge in [0, 0.05) is 31.9 Å². The lowest BCUT2D eigenvalue weighted by Crippen LogP contribution is -2.36. The largest absolute Gasteiger partial charge is 0.573 e. The highest BCUT2D eigenvalue weighted by Crippen LogP contribution is 2.26. The highest BCUT2D eigenvalue weighted by Gasteiger charge is 2.31. The van der Waals surface area contributed by atoms with Crippen molar-refractivity contribution < 1.29 is 22.6 Å². The van der Waals surface area contributed by atoms with E-state index in [1.54, 1.807) is 25.4 Å². The van der Waals surface area contributed by atoms with Crippen molar-refractivity contribution >= 4 is 5.96 Å². The molecule has 0 aliphatic carbocycles. The number of halogens is 3. The van der Waals surface area contributed by atoms with Crippen LogP contribution in [0.5, 0.6) is 11.5 Å². The first-order valence-electron chi connectivity index (χ1n) is 9.83. The Morgan fingerprint density at radius 1 is 0.938 bits per heavy atom. The van der Waals surface area contributed by atoms with Crippen molar-refractivity contribution in [2.75, 3.05) is 7.05 Å². The first-order chi connectivity index (χ1) is 15.4. The number of nitrogens with zero attached hydrogens (tertiary/aromatic N) is 2. The summed E-state index contributed by atoms with van der Waals surface area (Å²) >= 11 is 0. The van der Waals surface area contributed by atoms with Gasteiger partial charge in [0.2, 0.25) is 0 Å². The maximum absolute atomic E-state index is 12.6. The molecule has 0 radical (unpaired) electrons. The molecule has 0 saturated heterocycles. The molecule has 0 aliphatic heterocycles. The lowest BCUT2D eigenvalue weighted by Gasteiger charge is -2.15. The van der Waals surface area contributed by atoms with Crippen molar-refractivity contribution in [1.82, 2.24) is 15.6 Å². The lowest BCUT2D eigenvalue weighted by molar-refractivity contribution is -0.274. The third-order valence-corrected chi connectivity index (χ3v) is 4.36. The summed E-state index contributed by atoms with van der Waals surface area (Å²) in [5.41, 5.74) is 2.19. The van der Waals surface area contributed by atoms with Crippen LogP contribution in [0.2, 0.25) is 0 Å². The quantitative estimate of drug-likeness (QED) is 0.398. The molecule has 3 rings (SSSR count). The Bertz CT molecular complexity index is 1010. The van der Waals surface area contributed by atoms with Crippen LogP contribution in [0.3, 0.4) is 0 Å². The Morgan fingerprint density at radius 3 is 2.34 bits per heavy atom. The SMILES string of the molecule is CN=C(NCc1ccc(OCc2ccccn2)cc1)NCc1ccccc1OC(F)(F)F. The lowest BCUT2D eigenvalue weighted by atomic mass is 10.2. The van der Waals surface area contributed by atoms with Gasteiger partial charge in [-0.25, -0.2) is 0 Å². The molecular weight excluding hydrogens is 421 g/mol. The summed E-state index contributed by atoms with van der Waals surface area (Å²) in [6.07, 6.45) is -3.03. The molecule has 2 N–H and O–H groups in total. The minimum Gasteiger partial charge on any atom is -0.487 e. The second kappa shape index (κ2) is 11.0. The van der Waals surface area contributed by atoms with E-state index in [2.05, 4.69) is 25.3 Å². The van der Waals surface area contributed by atoms with Crippen LogP contribution in [-0.4, -0.2) is 24.4 Å². The Kier molecular flexibility index (Phi) is 7.91. The van der Waals surface area contributed by atoms with Gasteiger partial charge in [-0.3, -0.25) is 9.98 Å². The van der Waals surface area contributed by atoms with E-state index in [4.69, 9.17) is 4.74 Å². The molecule has 0 saturated carbocycles. The summed E-state index contributed by atoms with van der Waals surface area (Å²) in [5, 5.41) is 6.12. The Hall–Kier alpha value is -3.75. The minimum absolute atomic E-state index is 0.117. The molecule has 0 bridgehead atoms. The first kappa shape index (κ1) is 22.9. The fourth-order valence-electron chi connectivity index (χ4n) is 2.80. The molecule has 3 aromatic rings. The molecule has 1 heterocycles. The number of guanidine groups is 1. The van der Waals surface area contributed by atoms with Crippen LogP contribution in [0.25, 0.3) is 0 Å². The van der Waals surface area contributed by atoms with E-state index in [1.165, 1.54) is 12.1 Å². The zero-order valence-corrected chi connectivity index (χ0v) is 17.4. The van der Waals surface area contributed by atoms with Crippen molar-refractivity contribution in [2.24, 2.45) is 4.99 Å². The zero-order valence-electron chi connectivity index (χ0n) is 17.4. The van der Waals surface area contributed by atoms with E-state index in [0.29, 0.717) is 24.7 Å².